The average Bonchev–Trinajstić information content (AvgIpc) is 2.31. The van der Waals surface area contributed by atoms with Crippen LogP contribution >= 0.6 is 0 Å². The fourth-order valence-electron chi connectivity index (χ4n) is 2.29. The van der Waals surface area contributed by atoms with Crippen LogP contribution < -0.4 is 4.74 Å². The Morgan fingerprint density at radius 3 is 2.67 bits per heavy atom. The molecule has 15 heavy (non-hydrogen) atoms. The second kappa shape index (κ2) is 5.79. The molecular weight excluding hydrogens is 184 g/mol. The summed E-state index contributed by atoms with van der Waals surface area (Å²) in [5, 5.41) is 0. The lowest BCUT2D eigenvalue weighted by atomic mass is 9.83. The van der Waals surface area contributed by atoms with Gasteiger partial charge in [-0.1, -0.05) is 32.9 Å². The van der Waals surface area contributed by atoms with Gasteiger partial charge >= 0.3 is 0 Å². The molecule has 0 heterocycles. The van der Waals surface area contributed by atoms with Gasteiger partial charge in [-0.25, -0.2) is 0 Å². The molecule has 0 saturated heterocycles. The highest BCUT2D eigenvalue weighted by molar-refractivity contribution is 5.43. The maximum atomic E-state index is 5.38. The SMILES string of the molecule is CC.COc1cccc2c1C(C)CCC2. The summed E-state index contributed by atoms with van der Waals surface area (Å²) in [6.45, 7) is 6.29. The van der Waals surface area contributed by atoms with E-state index in [-0.39, 0.29) is 0 Å². The number of hydrogen-bond donors (Lipinski definition) is 0. The lowest BCUT2D eigenvalue weighted by Gasteiger charge is -2.24. The zero-order valence-electron chi connectivity index (χ0n) is 10.3. The molecule has 0 spiro atoms. The van der Waals surface area contributed by atoms with E-state index in [0.29, 0.717) is 5.92 Å². The molecule has 0 fully saturated rings. The van der Waals surface area contributed by atoms with Crippen LogP contribution in [0, 0.1) is 0 Å². The van der Waals surface area contributed by atoms with Gasteiger partial charge < -0.3 is 4.74 Å². The number of hydrogen-bond acceptors (Lipinski definition) is 1. The van der Waals surface area contributed by atoms with Gasteiger partial charge in [0.15, 0.2) is 0 Å². The molecule has 0 N–H and O–H groups in total. The molecule has 0 saturated carbocycles. The van der Waals surface area contributed by atoms with Crippen molar-refractivity contribution in [2.24, 2.45) is 0 Å². The summed E-state index contributed by atoms with van der Waals surface area (Å²) in [4.78, 5) is 0. The molecule has 2 rings (SSSR count). The molecular formula is C14H22O. The third-order valence-electron chi connectivity index (χ3n) is 2.95. The van der Waals surface area contributed by atoms with Crippen molar-refractivity contribution in [3.8, 4) is 5.75 Å². The van der Waals surface area contributed by atoms with Gasteiger partial charge in [0.25, 0.3) is 0 Å². The van der Waals surface area contributed by atoms with Crippen LogP contribution in [0.25, 0.3) is 0 Å². The van der Waals surface area contributed by atoms with Gasteiger partial charge in [-0.2, -0.15) is 0 Å². The summed E-state index contributed by atoms with van der Waals surface area (Å²) in [5.41, 5.74) is 2.93. The molecule has 1 unspecified atom stereocenters. The predicted octanol–water partition coefficient (Wildman–Crippen LogP) is 4.16. The van der Waals surface area contributed by atoms with E-state index < -0.39 is 0 Å². The van der Waals surface area contributed by atoms with Crippen molar-refractivity contribution in [1.82, 2.24) is 0 Å². The maximum Gasteiger partial charge on any atom is 0.122 e. The highest BCUT2D eigenvalue weighted by atomic mass is 16.5. The first-order chi connectivity index (χ1) is 7.33. The minimum atomic E-state index is 0.667. The summed E-state index contributed by atoms with van der Waals surface area (Å²) in [6.07, 6.45) is 3.84. The molecule has 1 aliphatic rings. The van der Waals surface area contributed by atoms with Crippen LogP contribution in [-0.4, -0.2) is 7.11 Å². The minimum Gasteiger partial charge on any atom is -0.496 e. The monoisotopic (exact) mass is 206 g/mol. The summed E-state index contributed by atoms with van der Waals surface area (Å²) in [5.74, 6) is 1.74. The Balaban J connectivity index is 0.000000531. The molecule has 0 aliphatic heterocycles. The van der Waals surface area contributed by atoms with E-state index in [4.69, 9.17) is 4.74 Å². The van der Waals surface area contributed by atoms with E-state index >= 15 is 0 Å². The maximum absolute atomic E-state index is 5.38. The summed E-state index contributed by atoms with van der Waals surface area (Å²) in [7, 11) is 1.76. The lowest BCUT2D eigenvalue weighted by molar-refractivity contribution is 0.400. The highest BCUT2D eigenvalue weighted by Crippen LogP contribution is 2.37. The van der Waals surface area contributed by atoms with Gasteiger partial charge in [-0.15, -0.1) is 0 Å². The fraction of sp³-hybridized carbons (Fsp3) is 0.571. The van der Waals surface area contributed by atoms with Crippen molar-refractivity contribution in [3.63, 3.8) is 0 Å². The zero-order valence-corrected chi connectivity index (χ0v) is 10.3. The first-order valence-electron chi connectivity index (χ1n) is 5.98. The largest absolute Gasteiger partial charge is 0.496 e. The van der Waals surface area contributed by atoms with E-state index in [1.165, 1.54) is 30.4 Å². The Kier molecular flexibility index (Phi) is 4.67. The van der Waals surface area contributed by atoms with E-state index in [1.54, 1.807) is 7.11 Å². The van der Waals surface area contributed by atoms with Crippen molar-refractivity contribution in [1.29, 1.82) is 0 Å². The van der Waals surface area contributed by atoms with Gasteiger partial charge in [-0.05, 0) is 36.8 Å². The third kappa shape index (κ3) is 2.53. The molecule has 1 atom stereocenters. The quantitative estimate of drug-likeness (QED) is 0.670. The van der Waals surface area contributed by atoms with E-state index in [9.17, 15) is 0 Å². The number of aryl methyl sites for hydroxylation is 1. The molecule has 0 aromatic heterocycles. The Labute approximate surface area is 93.5 Å². The summed E-state index contributed by atoms with van der Waals surface area (Å²) in [6, 6.07) is 6.39. The van der Waals surface area contributed by atoms with E-state index in [2.05, 4.69) is 25.1 Å². The molecule has 0 bridgehead atoms. The Bertz CT molecular complexity index is 290. The first-order valence-corrected chi connectivity index (χ1v) is 5.98. The fourth-order valence-corrected chi connectivity index (χ4v) is 2.29. The highest BCUT2D eigenvalue weighted by Gasteiger charge is 2.19. The normalized spacial score (nSPS) is 18.5. The van der Waals surface area contributed by atoms with Crippen LogP contribution in [0.2, 0.25) is 0 Å². The average molecular weight is 206 g/mol. The van der Waals surface area contributed by atoms with Gasteiger partial charge in [0.1, 0.15) is 5.75 Å². The van der Waals surface area contributed by atoms with Crippen molar-refractivity contribution in [2.45, 2.75) is 46.0 Å². The second-order valence-corrected chi connectivity index (χ2v) is 3.83. The number of ether oxygens (including phenoxy) is 1. The lowest BCUT2D eigenvalue weighted by Crippen LogP contribution is -2.08. The van der Waals surface area contributed by atoms with Gasteiger partial charge in [0, 0.05) is 5.56 Å². The zero-order chi connectivity index (χ0) is 11.3. The molecule has 0 radical (unpaired) electrons. The number of methoxy groups -OCH3 is 1. The minimum absolute atomic E-state index is 0.667. The van der Waals surface area contributed by atoms with Crippen molar-refractivity contribution >= 4 is 0 Å². The standard InChI is InChI=1S/C12H16O.C2H6/c1-9-5-3-6-10-7-4-8-11(13-2)12(9)10;1-2/h4,7-9H,3,5-6H2,1-2H3;1-2H3. The smallest absolute Gasteiger partial charge is 0.122 e. The van der Waals surface area contributed by atoms with Crippen LogP contribution in [0.15, 0.2) is 18.2 Å². The van der Waals surface area contributed by atoms with Crippen LogP contribution in [0.3, 0.4) is 0 Å². The van der Waals surface area contributed by atoms with Crippen molar-refractivity contribution < 1.29 is 4.74 Å². The molecule has 1 aromatic rings. The Morgan fingerprint density at radius 2 is 2.00 bits per heavy atom. The molecule has 1 nitrogen and oxygen atoms in total. The second-order valence-electron chi connectivity index (χ2n) is 3.83. The van der Waals surface area contributed by atoms with Crippen LogP contribution in [0.4, 0.5) is 0 Å². The summed E-state index contributed by atoms with van der Waals surface area (Å²) < 4.78 is 5.38. The molecule has 1 aliphatic carbocycles. The van der Waals surface area contributed by atoms with Gasteiger partial charge in [0.05, 0.1) is 7.11 Å². The van der Waals surface area contributed by atoms with Crippen molar-refractivity contribution in [3.05, 3.63) is 29.3 Å². The number of fused-ring (bicyclic) bond motifs is 1. The molecule has 84 valence electrons. The van der Waals surface area contributed by atoms with Crippen LogP contribution in [0.1, 0.15) is 50.7 Å². The topological polar surface area (TPSA) is 9.23 Å². The Hall–Kier alpha value is -0.980. The molecule has 1 aromatic carbocycles. The van der Waals surface area contributed by atoms with Gasteiger partial charge in [-0.3, -0.25) is 0 Å². The third-order valence-corrected chi connectivity index (χ3v) is 2.95. The molecule has 1 heteroatoms. The van der Waals surface area contributed by atoms with Gasteiger partial charge in [0.2, 0.25) is 0 Å². The number of benzene rings is 1. The first kappa shape index (κ1) is 12.1. The van der Waals surface area contributed by atoms with Crippen molar-refractivity contribution in [2.75, 3.05) is 7.11 Å². The Morgan fingerprint density at radius 1 is 1.27 bits per heavy atom. The predicted molar refractivity (Wildman–Crippen MR) is 65.7 cm³/mol. The van der Waals surface area contributed by atoms with E-state index in [0.717, 1.165) is 5.75 Å². The summed E-state index contributed by atoms with van der Waals surface area (Å²) >= 11 is 0. The number of rotatable bonds is 1. The van der Waals surface area contributed by atoms with E-state index in [1.807, 2.05) is 13.8 Å². The van der Waals surface area contributed by atoms with Crippen LogP contribution in [-0.2, 0) is 6.42 Å². The van der Waals surface area contributed by atoms with Crippen LogP contribution in [0.5, 0.6) is 5.75 Å². The molecule has 0 amide bonds.